The predicted octanol–water partition coefficient (Wildman–Crippen LogP) is 0.330. The molecule has 1 aliphatic heterocycles. The lowest BCUT2D eigenvalue weighted by Crippen LogP contribution is -3.11. The van der Waals surface area contributed by atoms with Crippen molar-refractivity contribution < 1.29 is 32.7 Å². The van der Waals surface area contributed by atoms with Gasteiger partial charge in [-0.3, -0.25) is 9.59 Å². The van der Waals surface area contributed by atoms with Crippen LogP contribution in [0.3, 0.4) is 0 Å². The molecule has 25 heavy (non-hydrogen) atoms. The second kappa shape index (κ2) is 7.64. The van der Waals surface area contributed by atoms with Crippen LogP contribution in [0.4, 0.5) is 14.5 Å². The molecule has 2 rings (SSSR count). The highest BCUT2D eigenvalue weighted by atomic mass is 19.3. The largest absolute Gasteiger partial charge is 0.586 e. The Kier molecular flexibility index (Phi) is 5.78. The van der Waals surface area contributed by atoms with E-state index in [-0.39, 0.29) is 36.4 Å². The molecule has 138 valence electrons. The van der Waals surface area contributed by atoms with Crippen LogP contribution in [0.5, 0.6) is 11.5 Å². The number of alkyl halides is 2. The van der Waals surface area contributed by atoms with Crippen LogP contribution in [0.2, 0.25) is 0 Å². The first kappa shape index (κ1) is 18.9. The quantitative estimate of drug-likeness (QED) is 0.737. The Morgan fingerprint density at radius 3 is 2.44 bits per heavy atom. The summed E-state index contributed by atoms with van der Waals surface area (Å²) in [7, 11) is 1.74. The first-order valence-corrected chi connectivity index (χ1v) is 8.03. The maximum atomic E-state index is 13.0. The van der Waals surface area contributed by atoms with Crippen LogP contribution < -0.4 is 19.7 Å². The van der Waals surface area contributed by atoms with Crippen molar-refractivity contribution in [2.45, 2.75) is 20.1 Å². The van der Waals surface area contributed by atoms with E-state index >= 15 is 0 Å². The van der Waals surface area contributed by atoms with Crippen LogP contribution in [0.15, 0.2) is 18.2 Å². The van der Waals surface area contributed by atoms with E-state index in [0.29, 0.717) is 18.8 Å². The number of rotatable bonds is 7. The summed E-state index contributed by atoms with van der Waals surface area (Å²) in [5.41, 5.74) is 0.313. The summed E-state index contributed by atoms with van der Waals surface area (Å²) in [6.45, 7) is 5.30. The number of anilines is 1. The average molecular weight is 358 g/mol. The maximum Gasteiger partial charge on any atom is 0.586 e. The van der Waals surface area contributed by atoms with E-state index in [9.17, 15) is 18.4 Å². The molecule has 0 aliphatic carbocycles. The number of hydrogen-bond donors (Lipinski definition) is 2. The van der Waals surface area contributed by atoms with Gasteiger partial charge in [0.25, 0.3) is 11.8 Å². The molecule has 0 aromatic heterocycles. The number of amides is 2. The normalized spacial score (nSPS) is 15.6. The molecule has 0 saturated heterocycles. The minimum absolute atomic E-state index is 0.0272. The Hall–Kier alpha value is -2.42. The van der Waals surface area contributed by atoms with Crippen molar-refractivity contribution in [3.05, 3.63) is 18.2 Å². The van der Waals surface area contributed by atoms with Crippen molar-refractivity contribution in [2.75, 3.05) is 38.5 Å². The summed E-state index contributed by atoms with van der Waals surface area (Å²) in [5, 5.41) is 2.60. The van der Waals surface area contributed by atoms with Crippen LogP contribution in [0.1, 0.15) is 13.8 Å². The number of carbonyl (C=O) groups is 2. The highest BCUT2D eigenvalue weighted by molar-refractivity contribution is 5.92. The molecule has 0 bridgehead atoms. The molecule has 1 aromatic rings. The molecule has 1 atom stereocenters. The van der Waals surface area contributed by atoms with Gasteiger partial charge in [0.1, 0.15) is 0 Å². The number of benzene rings is 1. The number of carbonyl (C=O) groups excluding carboxylic acids is 2. The van der Waals surface area contributed by atoms with Gasteiger partial charge in [-0.15, -0.1) is 8.78 Å². The van der Waals surface area contributed by atoms with Gasteiger partial charge in [0.15, 0.2) is 24.6 Å². The van der Waals surface area contributed by atoms with Gasteiger partial charge < -0.3 is 24.6 Å². The summed E-state index contributed by atoms with van der Waals surface area (Å²) in [6, 6.07) is 4.01. The summed E-state index contributed by atoms with van der Waals surface area (Å²) in [5.74, 6) is -0.591. The summed E-state index contributed by atoms with van der Waals surface area (Å²) in [4.78, 5) is 26.5. The average Bonchev–Trinajstić information content (AvgIpc) is 2.81. The van der Waals surface area contributed by atoms with Gasteiger partial charge in [-0.25, -0.2) is 0 Å². The summed E-state index contributed by atoms with van der Waals surface area (Å²) < 4.78 is 34.6. The summed E-state index contributed by atoms with van der Waals surface area (Å²) >= 11 is 0. The first-order chi connectivity index (χ1) is 11.7. The molecule has 0 fully saturated rings. The van der Waals surface area contributed by atoms with E-state index in [4.69, 9.17) is 0 Å². The van der Waals surface area contributed by atoms with E-state index in [0.717, 1.165) is 4.90 Å². The molecule has 1 unspecified atom stereocenters. The smallest absolute Gasteiger partial charge is 0.395 e. The van der Waals surface area contributed by atoms with Gasteiger partial charge in [0, 0.05) is 24.8 Å². The standard InChI is InChI=1S/C16H21F2N3O4/c1-4-21(5-2)15(23)10-20(3)9-14(22)19-11-6-7-12-13(8-11)25-16(17,18)24-12/h6-8H,4-5,9-10H2,1-3H3,(H,19,22)/p+1. The van der Waals surface area contributed by atoms with Crippen LogP contribution >= 0.6 is 0 Å². The van der Waals surface area contributed by atoms with Gasteiger partial charge in [0.05, 0.1) is 7.05 Å². The Balaban J connectivity index is 1.88. The number of ether oxygens (including phenoxy) is 2. The third kappa shape index (κ3) is 5.02. The first-order valence-electron chi connectivity index (χ1n) is 8.03. The minimum atomic E-state index is -3.69. The van der Waals surface area contributed by atoms with Gasteiger partial charge in [-0.05, 0) is 26.0 Å². The number of nitrogens with one attached hydrogen (secondary N) is 2. The van der Waals surface area contributed by atoms with Crippen molar-refractivity contribution in [3.8, 4) is 11.5 Å². The fourth-order valence-corrected chi connectivity index (χ4v) is 2.51. The van der Waals surface area contributed by atoms with E-state index in [2.05, 4.69) is 14.8 Å². The Bertz CT molecular complexity index is 650. The second-order valence-electron chi connectivity index (χ2n) is 5.75. The molecular weight excluding hydrogens is 336 g/mol. The minimum Gasteiger partial charge on any atom is -0.395 e. The van der Waals surface area contributed by atoms with Crippen LogP contribution in [0, 0.1) is 0 Å². The van der Waals surface area contributed by atoms with Crippen LogP contribution in [-0.4, -0.2) is 56.2 Å². The molecule has 9 heteroatoms. The number of nitrogens with zero attached hydrogens (tertiary/aromatic N) is 1. The lowest BCUT2D eigenvalue weighted by molar-refractivity contribution is -0.862. The Labute approximate surface area is 144 Å². The number of hydrogen-bond acceptors (Lipinski definition) is 4. The fraction of sp³-hybridized carbons (Fsp3) is 0.500. The van der Waals surface area contributed by atoms with Crippen molar-refractivity contribution in [1.82, 2.24) is 4.90 Å². The topological polar surface area (TPSA) is 72.3 Å². The van der Waals surface area contributed by atoms with E-state index in [1.807, 2.05) is 13.8 Å². The van der Waals surface area contributed by atoms with Gasteiger partial charge in [0.2, 0.25) is 0 Å². The van der Waals surface area contributed by atoms with Crippen molar-refractivity contribution in [1.29, 1.82) is 0 Å². The van der Waals surface area contributed by atoms with Crippen LogP contribution in [-0.2, 0) is 9.59 Å². The Morgan fingerprint density at radius 2 is 1.80 bits per heavy atom. The lowest BCUT2D eigenvalue weighted by atomic mass is 10.2. The number of halogens is 2. The monoisotopic (exact) mass is 358 g/mol. The highest BCUT2D eigenvalue weighted by Gasteiger charge is 2.43. The molecule has 0 saturated carbocycles. The zero-order chi connectivity index (χ0) is 18.6. The third-order valence-corrected chi connectivity index (χ3v) is 3.72. The molecule has 2 N–H and O–H groups in total. The van der Waals surface area contributed by atoms with E-state index in [1.165, 1.54) is 18.2 Å². The molecule has 0 radical (unpaired) electrons. The third-order valence-electron chi connectivity index (χ3n) is 3.72. The molecule has 1 aromatic carbocycles. The zero-order valence-corrected chi connectivity index (χ0v) is 14.4. The number of fused-ring (bicyclic) bond motifs is 1. The fourth-order valence-electron chi connectivity index (χ4n) is 2.51. The molecule has 0 spiro atoms. The van der Waals surface area contributed by atoms with Gasteiger partial charge in [-0.2, -0.15) is 0 Å². The van der Waals surface area contributed by atoms with Gasteiger partial charge in [-0.1, -0.05) is 0 Å². The number of likely N-dealkylation sites (N-methyl/N-ethyl adjacent to an activating group) is 2. The second-order valence-corrected chi connectivity index (χ2v) is 5.75. The van der Waals surface area contributed by atoms with E-state index in [1.54, 1.807) is 11.9 Å². The lowest BCUT2D eigenvalue weighted by Gasteiger charge is -2.20. The zero-order valence-electron chi connectivity index (χ0n) is 14.4. The van der Waals surface area contributed by atoms with Crippen molar-refractivity contribution >= 4 is 17.5 Å². The van der Waals surface area contributed by atoms with Crippen molar-refractivity contribution in [3.63, 3.8) is 0 Å². The molecule has 1 heterocycles. The molecule has 7 nitrogen and oxygen atoms in total. The van der Waals surface area contributed by atoms with Crippen LogP contribution in [0.25, 0.3) is 0 Å². The Morgan fingerprint density at radius 1 is 1.16 bits per heavy atom. The van der Waals surface area contributed by atoms with E-state index < -0.39 is 6.29 Å². The molecule has 2 amide bonds. The molecule has 1 aliphatic rings. The number of quaternary nitrogens is 1. The summed E-state index contributed by atoms with van der Waals surface area (Å²) in [6.07, 6.45) is -3.69. The highest BCUT2D eigenvalue weighted by Crippen LogP contribution is 2.42. The predicted molar refractivity (Wildman–Crippen MR) is 85.8 cm³/mol. The molecular formula is C16H22F2N3O4+. The van der Waals surface area contributed by atoms with Gasteiger partial charge >= 0.3 is 6.29 Å². The maximum absolute atomic E-state index is 13.0. The SMILES string of the molecule is CCN(CC)C(=O)C[NH+](C)CC(=O)Nc1ccc2c(c1)OC(F)(F)O2. The van der Waals surface area contributed by atoms with Crippen molar-refractivity contribution in [2.24, 2.45) is 0 Å².